The van der Waals surface area contributed by atoms with E-state index >= 15 is 0 Å². The van der Waals surface area contributed by atoms with E-state index < -0.39 is 11.4 Å². The first kappa shape index (κ1) is 25.1. The predicted octanol–water partition coefficient (Wildman–Crippen LogP) is 6.72. The molecule has 0 amide bonds. The van der Waals surface area contributed by atoms with Crippen molar-refractivity contribution in [3.8, 4) is 22.6 Å². The van der Waals surface area contributed by atoms with Crippen LogP contribution in [-0.4, -0.2) is 14.7 Å². The fraction of sp³-hybridized carbons (Fsp3) is 0.0909. The van der Waals surface area contributed by atoms with E-state index in [4.69, 9.17) is 9.15 Å². The maximum absolute atomic E-state index is 13.6. The number of aromatic nitrogens is 2. The molecule has 0 atom stereocenters. The zero-order chi connectivity index (χ0) is 27.5. The Bertz CT molecular complexity index is 1830. The number of hydrogen-bond donors (Lipinski definition) is 1. The number of ether oxygens (including phenoxy) is 1. The van der Waals surface area contributed by atoms with E-state index in [-0.39, 0.29) is 11.3 Å². The van der Waals surface area contributed by atoms with Crippen molar-refractivity contribution in [3.05, 3.63) is 148 Å². The van der Waals surface area contributed by atoms with Crippen LogP contribution in [0.5, 0.6) is 11.5 Å². The molecule has 198 valence electrons. The number of benzene rings is 4. The van der Waals surface area contributed by atoms with E-state index in [1.807, 2.05) is 48.7 Å². The van der Waals surface area contributed by atoms with Gasteiger partial charge in [0.05, 0.1) is 5.56 Å². The number of imidazole rings is 1. The molecule has 0 saturated heterocycles. The van der Waals surface area contributed by atoms with Gasteiger partial charge >= 0.3 is 5.63 Å². The predicted molar refractivity (Wildman–Crippen MR) is 151 cm³/mol. The zero-order valence-corrected chi connectivity index (χ0v) is 21.5. The molecule has 40 heavy (non-hydrogen) atoms. The van der Waals surface area contributed by atoms with Gasteiger partial charge in [-0.2, -0.15) is 0 Å². The number of phenols is 1. The Hall–Kier alpha value is -5.17. The van der Waals surface area contributed by atoms with Gasteiger partial charge in [-0.15, -0.1) is 0 Å². The Morgan fingerprint density at radius 2 is 1.68 bits per heavy atom. The largest absolute Gasteiger partial charge is 0.508 e. The lowest BCUT2D eigenvalue weighted by molar-refractivity contribution is 0.290. The van der Waals surface area contributed by atoms with Crippen molar-refractivity contribution < 1.29 is 18.7 Å². The summed E-state index contributed by atoms with van der Waals surface area (Å²) in [5, 5.41) is 10.6. The Labute approximate surface area is 229 Å². The van der Waals surface area contributed by atoms with Gasteiger partial charge in [0, 0.05) is 30.4 Å². The van der Waals surface area contributed by atoms with Gasteiger partial charge in [0.2, 0.25) is 0 Å². The van der Waals surface area contributed by atoms with E-state index in [2.05, 4.69) is 21.7 Å². The maximum Gasteiger partial charge on any atom is 0.344 e. The van der Waals surface area contributed by atoms with Crippen LogP contribution in [0.4, 0.5) is 4.39 Å². The Morgan fingerprint density at radius 1 is 0.900 bits per heavy atom. The van der Waals surface area contributed by atoms with Crippen LogP contribution in [-0.2, 0) is 19.6 Å². The van der Waals surface area contributed by atoms with Gasteiger partial charge < -0.3 is 18.8 Å². The fourth-order valence-corrected chi connectivity index (χ4v) is 4.81. The Morgan fingerprint density at radius 3 is 2.45 bits per heavy atom. The lowest BCUT2D eigenvalue weighted by atomic mass is 9.93. The summed E-state index contributed by atoms with van der Waals surface area (Å²) in [6.07, 6.45) is 4.12. The van der Waals surface area contributed by atoms with E-state index in [0.717, 1.165) is 17.0 Å². The van der Waals surface area contributed by atoms with Crippen molar-refractivity contribution in [3.63, 3.8) is 0 Å². The van der Waals surface area contributed by atoms with Crippen LogP contribution in [0, 0.1) is 5.82 Å². The Kier molecular flexibility index (Phi) is 6.85. The summed E-state index contributed by atoms with van der Waals surface area (Å²) in [5.74, 6) is 1.13. The lowest BCUT2D eigenvalue weighted by Gasteiger charge is -2.13. The van der Waals surface area contributed by atoms with E-state index in [0.29, 0.717) is 41.8 Å². The minimum absolute atomic E-state index is 0.00188. The van der Waals surface area contributed by atoms with Crippen molar-refractivity contribution in [2.24, 2.45) is 0 Å². The molecule has 6 aromatic rings. The van der Waals surface area contributed by atoms with E-state index in [1.165, 1.54) is 23.8 Å². The molecule has 0 aliphatic heterocycles. The van der Waals surface area contributed by atoms with Gasteiger partial charge in [-0.25, -0.2) is 14.2 Å². The average molecular weight is 533 g/mol. The smallest absolute Gasteiger partial charge is 0.344 e. The summed E-state index contributed by atoms with van der Waals surface area (Å²) in [5.41, 5.74) is 3.52. The van der Waals surface area contributed by atoms with Crippen LogP contribution in [0.3, 0.4) is 0 Å². The summed E-state index contributed by atoms with van der Waals surface area (Å²) in [7, 11) is 0. The maximum atomic E-state index is 13.6. The molecule has 0 bridgehead atoms. The van der Waals surface area contributed by atoms with Crippen molar-refractivity contribution in [2.75, 3.05) is 0 Å². The number of halogens is 1. The second-order valence-electron chi connectivity index (χ2n) is 9.50. The summed E-state index contributed by atoms with van der Waals surface area (Å²) in [6, 6.07) is 28.3. The second-order valence-corrected chi connectivity index (χ2v) is 9.50. The lowest BCUT2D eigenvalue weighted by Crippen LogP contribution is -2.09. The normalized spacial score (nSPS) is 11.1. The van der Waals surface area contributed by atoms with Crippen molar-refractivity contribution >= 4 is 11.0 Å². The van der Waals surface area contributed by atoms with Crippen LogP contribution in [0.2, 0.25) is 0 Å². The van der Waals surface area contributed by atoms with Gasteiger partial charge in [-0.1, -0.05) is 54.6 Å². The third-order valence-electron chi connectivity index (χ3n) is 6.80. The van der Waals surface area contributed by atoms with Gasteiger partial charge in [0.1, 0.15) is 35.3 Å². The first-order valence-electron chi connectivity index (χ1n) is 12.8. The number of hydrogen-bond acceptors (Lipinski definition) is 5. The molecule has 4 aromatic carbocycles. The molecular weight excluding hydrogens is 507 g/mol. The van der Waals surface area contributed by atoms with Crippen LogP contribution < -0.4 is 10.4 Å². The number of fused-ring (bicyclic) bond motifs is 1. The molecule has 7 heteroatoms. The van der Waals surface area contributed by atoms with Gasteiger partial charge in [0.15, 0.2) is 0 Å². The first-order valence-corrected chi connectivity index (χ1v) is 12.8. The molecule has 0 aliphatic carbocycles. The van der Waals surface area contributed by atoms with Crippen LogP contribution in [0.1, 0.15) is 22.5 Å². The topological polar surface area (TPSA) is 77.5 Å². The molecule has 0 radical (unpaired) electrons. The molecule has 0 fully saturated rings. The summed E-state index contributed by atoms with van der Waals surface area (Å²) in [4.78, 5) is 17.5. The molecule has 1 N–H and O–H groups in total. The van der Waals surface area contributed by atoms with Crippen molar-refractivity contribution in [1.82, 2.24) is 9.55 Å². The molecule has 0 spiro atoms. The monoisotopic (exact) mass is 532 g/mol. The van der Waals surface area contributed by atoms with Crippen molar-refractivity contribution in [1.29, 1.82) is 0 Å². The molecule has 2 heterocycles. The van der Waals surface area contributed by atoms with Gasteiger partial charge in [-0.05, 0) is 65.1 Å². The van der Waals surface area contributed by atoms with E-state index in [1.54, 1.807) is 30.5 Å². The highest BCUT2D eigenvalue weighted by atomic mass is 19.1. The van der Waals surface area contributed by atoms with Crippen LogP contribution in [0.25, 0.3) is 22.1 Å². The fourth-order valence-electron chi connectivity index (χ4n) is 4.81. The molecule has 2 aromatic heterocycles. The minimum Gasteiger partial charge on any atom is -0.508 e. The summed E-state index contributed by atoms with van der Waals surface area (Å²) < 4.78 is 27.2. The molecule has 6 nitrogen and oxygen atoms in total. The highest BCUT2D eigenvalue weighted by molar-refractivity contribution is 5.88. The number of phenolic OH excluding ortho intramolecular Hbond substituents is 1. The van der Waals surface area contributed by atoms with Gasteiger partial charge in [-0.3, -0.25) is 0 Å². The molecule has 0 unspecified atom stereocenters. The summed E-state index contributed by atoms with van der Waals surface area (Å²) in [6.45, 7) is 1.04. The minimum atomic E-state index is -0.550. The van der Waals surface area contributed by atoms with Crippen LogP contribution in [0.15, 0.2) is 119 Å². The highest BCUT2D eigenvalue weighted by Gasteiger charge is 2.18. The zero-order valence-electron chi connectivity index (χ0n) is 21.5. The molecule has 6 rings (SSSR count). The average Bonchev–Trinajstić information content (AvgIpc) is 3.40. The quantitative estimate of drug-likeness (QED) is 0.220. The molecular formula is C33H25FN2O4. The first-order chi connectivity index (χ1) is 19.5. The summed E-state index contributed by atoms with van der Waals surface area (Å²) >= 11 is 0. The number of aromatic hydroxyl groups is 1. The van der Waals surface area contributed by atoms with Crippen molar-refractivity contribution in [2.45, 2.75) is 19.6 Å². The van der Waals surface area contributed by atoms with Crippen LogP contribution >= 0.6 is 0 Å². The molecule has 0 saturated carbocycles. The third-order valence-corrected chi connectivity index (χ3v) is 6.80. The SMILES string of the molecule is O=c1oc2cc(O)ccc2c(Cc2ccc(OCc3nccn3Cc3ccccc3)cc2)c1-c1ccc(F)cc1. The second kappa shape index (κ2) is 10.9. The highest BCUT2D eigenvalue weighted by Crippen LogP contribution is 2.31. The third kappa shape index (κ3) is 5.35. The number of rotatable bonds is 8. The van der Waals surface area contributed by atoms with Gasteiger partial charge in [0.25, 0.3) is 0 Å². The van der Waals surface area contributed by atoms with E-state index in [9.17, 15) is 14.3 Å². The molecule has 0 aliphatic rings. The standard InChI is InChI=1S/C33H25FN2O4/c34-25-10-8-24(9-11-25)32-29(28-15-12-26(37)19-30(28)40-33(32)38)18-22-6-13-27(14-7-22)39-21-31-35-16-17-36(31)20-23-4-2-1-3-5-23/h1-17,19,37H,18,20-21H2. The Balaban J connectivity index is 1.25. The number of nitrogens with zero attached hydrogens (tertiary/aromatic N) is 2.